The quantitative estimate of drug-likeness (QED) is 0.853. The van der Waals surface area contributed by atoms with E-state index in [-0.39, 0.29) is 17.0 Å². The highest BCUT2D eigenvalue weighted by Crippen LogP contribution is 2.32. The summed E-state index contributed by atoms with van der Waals surface area (Å²) in [5, 5.41) is 6.56. The summed E-state index contributed by atoms with van der Waals surface area (Å²) in [6, 6.07) is 2.27. The molecule has 1 N–H and O–H groups in total. The molecule has 1 amide bonds. The molecule has 1 saturated heterocycles. The average Bonchev–Trinajstić information content (AvgIpc) is 3.04. The standard InChI is InChI=1S/C18H24F3N5O2/c1-17(2,3)13-11-14(18(19,20)21)26-15(23-13)10-12(24-26)16(27)22-4-5-25-6-8-28-9-7-25/h10-11H,4-9H2,1-3H3,(H,22,27). The van der Waals surface area contributed by atoms with Crippen LogP contribution < -0.4 is 5.32 Å². The fraction of sp³-hybridized carbons (Fsp3) is 0.611. The van der Waals surface area contributed by atoms with Gasteiger partial charge in [-0.05, 0) is 6.07 Å². The van der Waals surface area contributed by atoms with E-state index in [2.05, 4.69) is 20.3 Å². The molecule has 0 saturated carbocycles. The van der Waals surface area contributed by atoms with Gasteiger partial charge in [0, 0.05) is 37.7 Å². The predicted molar refractivity (Wildman–Crippen MR) is 96.3 cm³/mol. The SMILES string of the molecule is CC(C)(C)c1cc(C(F)(F)F)n2nc(C(=O)NCCN3CCOCC3)cc2n1. The first-order valence-corrected chi connectivity index (χ1v) is 9.12. The second-order valence-electron chi connectivity index (χ2n) is 7.78. The number of hydrogen-bond acceptors (Lipinski definition) is 5. The van der Waals surface area contributed by atoms with Gasteiger partial charge in [-0.25, -0.2) is 9.50 Å². The Morgan fingerprint density at radius 2 is 1.89 bits per heavy atom. The number of morpholine rings is 1. The summed E-state index contributed by atoms with van der Waals surface area (Å²) >= 11 is 0. The van der Waals surface area contributed by atoms with Crippen LogP contribution in [0.3, 0.4) is 0 Å². The van der Waals surface area contributed by atoms with Crippen LogP contribution in [0.2, 0.25) is 0 Å². The lowest BCUT2D eigenvalue weighted by atomic mass is 9.91. The third-order valence-corrected chi connectivity index (χ3v) is 4.54. The van der Waals surface area contributed by atoms with Gasteiger partial charge in [0.1, 0.15) is 5.69 Å². The van der Waals surface area contributed by atoms with Crippen LogP contribution >= 0.6 is 0 Å². The molecular formula is C18H24F3N5O2. The molecule has 154 valence electrons. The van der Waals surface area contributed by atoms with Crippen LogP contribution in [0.25, 0.3) is 5.65 Å². The van der Waals surface area contributed by atoms with Gasteiger partial charge in [0.05, 0.1) is 18.9 Å². The summed E-state index contributed by atoms with van der Waals surface area (Å²) < 4.78 is 46.4. The number of nitrogens with one attached hydrogen (secondary N) is 1. The molecular weight excluding hydrogens is 375 g/mol. The number of rotatable bonds is 4. The maximum atomic E-state index is 13.5. The number of aromatic nitrogens is 3. The van der Waals surface area contributed by atoms with Crippen molar-refractivity contribution in [3.63, 3.8) is 0 Å². The van der Waals surface area contributed by atoms with Gasteiger partial charge < -0.3 is 10.1 Å². The monoisotopic (exact) mass is 399 g/mol. The van der Waals surface area contributed by atoms with Crippen molar-refractivity contribution in [1.82, 2.24) is 24.8 Å². The van der Waals surface area contributed by atoms with Gasteiger partial charge in [-0.1, -0.05) is 20.8 Å². The van der Waals surface area contributed by atoms with Gasteiger partial charge in [0.25, 0.3) is 5.91 Å². The van der Waals surface area contributed by atoms with Crippen molar-refractivity contribution in [2.45, 2.75) is 32.4 Å². The van der Waals surface area contributed by atoms with Gasteiger partial charge in [-0.15, -0.1) is 0 Å². The van der Waals surface area contributed by atoms with Crippen molar-refractivity contribution in [2.24, 2.45) is 0 Å². The Balaban J connectivity index is 1.81. The van der Waals surface area contributed by atoms with Crippen LogP contribution in [0.5, 0.6) is 0 Å². The molecule has 0 aromatic carbocycles. The first kappa shape index (κ1) is 20.5. The molecule has 3 heterocycles. The summed E-state index contributed by atoms with van der Waals surface area (Å²) in [6.45, 7) is 9.25. The van der Waals surface area contributed by atoms with Crippen LogP contribution in [-0.2, 0) is 16.3 Å². The molecule has 0 aliphatic carbocycles. The highest BCUT2D eigenvalue weighted by atomic mass is 19.4. The fourth-order valence-electron chi connectivity index (χ4n) is 2.91. The Morgan fingerprint density at radius 3 is 2.50 bits per heavy atom. The first-order chi connectivity index (χ1) is 13.1. The van der Waals surface area contributed by atoms with Gasteiger partial charge in [-0.3, -0.25) is 9.69 Å². The molecule has 28 heavy (non-hydrogen) atoms. The van der Waals surface area contributed by atoms with Crippen LogP contribution in [-0.4, -0.2) is 64.8 Å². The molecule has 0 unspecified atom stereocenters. The summed E-state index contributed by atoms with van der Waals surface area (Å²) in [7, 11) is 0. The highest BCUT2D eigenvalue weighted by molar-refractivity contribution is 5.93. The molecule has 7 nitrogen and oxygen atoms in total. The van der Waals surface area contributed by atoms with Gasteiger partial charge >= 0.3 is 6.18 Å². The van der Waals surface area contributed by atoms with Crippen molar-refractivity contribution < 1.29 is 22.7 Å². The minimum absolute atomic E-state index is 0.00178. The number of fused-ring (bicyclic) bond motifs is 1. The van der Waals surface area contributed by atoms with Gasteiger partial charge in [0.15, 0.2) is 11.3 Å². The number of carbonyl (C=O) groups is 1. The Hall–Kier alpha value is -2.20. The maximum Gasteiger partial charge on any atom is 0.433 e. The van der Waals surface area contributed by atoms with E-state index in [1.165, 1.54) is 6.07 Å². The Kier molecular flexibility index (Phi) is 5.62. The Bertz CT molecular complexity index is 851. The van der Waals surface area contributed by atoms with Gasteiger partial charge in [-0.2, -0.15) is 18.3 Å². The zero-order chi connectivity index (χ0) is 20.5. The van der Waals surface area contributed by atoms with E-state index in [4.69, 9.17) is 4.74 Å². The topological polar surface area (TPSA) is 71.8 Å². The zero-order valence-corrected chi connectivity index (χ0v) is 16.1. The van der Waals surface area contributed by atoms with Crippen molar-refractivity contribution in [2.75, 3.05) is 39.4 Å². The lowest BCUT2D eigenvalue weighted by Crippen LogP contribution is -2.41. The van der Waals surface area contributed by atoms with E-state index < -0.39 is 23.2 Å². The number of amides is 1. The van der Waals surface area contributed by atoms with E-state index in [1.807, 2.05) is 0 Å². The number of ether oxygens (including phenoxy) is 1. The number of hydrogen-bond donors (Lipinski definition) is 1. The van der Waals surface area contributed by atoms with E-state index in [0.717, 1.165) is 19.2 Å². The lowest BCUT2D eigenvalue weighted by Gasteiger charge is -2.26. The van der Waals surface area contributed by atoms with Crippen LogP contribution in [0.4, 0.5) is 13.2 Å². The van der Waals surface area contributed by atoms with Crippen LogP contribution in [0.1, 0.15) is 42.6 Å². The molecule has 0 radical (unpaired) electrons. The number of alkyl halides is 3. The second-order valence-corrected chi connectivity index (χ2v) is 7.78. The maximum absolute atomic E-state index is 13.5. The molecule has 0 spiro atoms. The highest BCUT2D eigenvalue weighted by Gasteiger charge is 2.36. The molecule has 0 atom stereocenters. The van der Waals surface area contributed by atoms with Crippen LogP contribution in [0.15, 0.2) is 12.1 Å². The van der Waals surface area contributed by atoms with E-state index >= 15 is 0 Å². The van der Waals surface area contributed by atoms with Crippen molar-refractivity contribution in [3.8, 4) is 0 Å². The van der Waals surface area contributed by atoms with E-state index in [0.29, 0.717) is 30.8 Å². The third kappa shape index (κ3) is 4.61. The molecule has 10 heteroatoms. The molecule has 1 fully saturated rings. The third-order valence-electron chi connectivity index (χ3n) is 4.54. The van der Waals surface area contributed by atoms with Crippen molar-refractivity contribution in [1.29, 1.82) is 0 Å². The lowest BCUT2D eigenvalue weighted by molar-refractivity contribution is -0.142. The largest absolute Gasteiger partial charge is 0.433 e. The molecule has 3 rings (SSSR count). The van der Waals surface area contributed by atoms with E-state index in [9.17, 15) is 18.0 Å². The molecule has 0 bridgehead atoms. The summed E-state index contributed by atoms with van der Waals surface area (Å²) in [6.07, 6.45) is -4.61. The second kappa shape index (κ2) is 7.67. The Morgan fingerprint density at radius 1 is 1.21 bits per heavy atom. The van der Waals surface area contributed by atoms with Crippen molar-refractivity contribution >= 4 is 11.6 Å². The Labute approximate surface area is 160 Å². The molecule has 2 aromatic rings. The number of nitrogens with zero attached hydrogens (tertiary/aromatic N) is 4. The van der Waals surface area contributed by atoms with E-state index in [1.54, 1.807) is 20.8 Å². The normalized spacial score (nSPS) is 16.5. The minimum Gasteiger partial charge on any atom is -0.379 e. The summed E-state index contributed by atoms with van der Waals surface area (Å²) in [5.41, 5.74) is -1.34. The number of carbonyl (C=O) groups excluding carboxylic acids is 1. The summed E-state index contributed by atoms with van der Waals surface area (Å²) in [4.78, 5) is 18.8. The number of halogens is 3. The van der Waals surface area contributed by atoms with Crippen LogP contribution in [0, 0.1) is 0 Å². The average molecular weight is 399 g/mol. The molecule has 1 aliphatic rings. The fourth-order valence-corrected chi connectivity index (χ4v) is 2.91. The first-order valence-electron chi connectivity index (χ1n) is 9.12. The molecule has 1 aliphatic heterocycles. The van der Waals surface area contributed by atoms with Crippen molar-refractivity contribution in [3.05, 3.63) is 29.2 Å². The molecule has 2 aromatic heterocycles. The minimum atomic E-state index is -4.61. The van der Waals surface area contributed by atoms with Gasteiger partial charge in [0.2, 0.25) is 0 Å². The predicted octanol–water partition coefficient (Wildman–Crippen LogP) is 2.11. The zero-order valence-electron chi connectivity index (χ0n) is 16.1. The smallest absolute Gasteiger partial charge is 0.379 e. The summed E-state index contributed by atoms with van der Waals surface area (Å²) in [5.74, 6) is -0.524.